The van der Waals surface area contributed by atoms with Crippen LogP contribution in [-0.2, 0) is 6.42 Å². The van der Waals surface area contributed by atoms with Crippen LogP contribution in [-0.4, -0.2) is 15.7 Å². The molecule has 0 saturated heterocycles. The van der Waals surface area contributed by atoms with Crippen molar-refractivity contribution in [1.82, 2.24) is 10.2 Å². The van der Waals surface area contributed by atoms with Crippen molar-refractivity contribution in [2.45, 2.75) is 25.8 Å². The molecule has 0 aliphatic heterocycles. The van der Waals surface area contributed by atoms with E-state index in [1.54, 1.807) is 0 Å². The van der Waals surface area contributed by atoms with Crippen molar-refractivity contribution < 1.29 is 0 Å². The second kappa shape index (κ2) is 3.07. The Morgan fingerprint density at radius 3 is 2.69 bits per heavy atom. The summed E-state index contributed by atoms with van der Waals surface area (Å²) in [6.07, 6.45) is 0.556. The minimum Gasteiger partial charge on any atom is -0.381 e. The molecule has 0 bridgehead atoms. The monoisotopic (exact) mass is 179 g/mol. The molecule has 0 fully saturated rings. The number of nitrogens with two attached hydrogens (primary N) is 2. The van der Waals surface area contributed by atoms with Gasteiger partial charge < -0.3 is 11.5 Å². The molecule has 0 spiro atoms. The lowest BCUT2D eigenvalue weighted by Crippen LogP contribution is -2.34. The van der Waals surface area contributed by atoms with Gasteiger partial charge >= 0.3 is 0 Å². The molecule has 1 rings (SSSR count). The summed E-state index contributed by atoms with van der Waals surface area (Å²) in [7, 11) is 0. The van der Waals surface area contributed by atoms with E-state index in [-0.39, 0.29) is 11.4 Å². The number of H-pyrrole nitrogens is 1. The van der Waals surface area contributed by atoms with Crippen LogP contribution in [0.2, 0.25) is 0 Å². The summed E-state index contributed by atoms with van der Waals surface area (Å²) in [5.74, 6) is 0.238. The van der Waals surface area contributed by atoms with Gasteiger partial charge in [-0.3, -0.25) is 5.10 Å². The quantitative estimate of drug-likeness (QED) is 0.600. The van der Waals surface area contributed by atoms with Gasteiger partial charge in [0.25, 0.3) is 0 Å². The largest absolute Gasteiger partial charge is 0.381 e. The third-order valence-electron chi connectivity index (χ3n) is 1.61. The Morgan fingerprint density at radius 2 is 2.23 bits per heavy atom. The van der Waals surface area contributed by atoms with Gasteiger partial charge in [0.2, 0.25) is 0 Å². The lowest BCUT2D eigenvalue weighted by atomic mass is 9.98. The molecule has 13 heavy (non-hydrogen) atoms. The first-order chi connectivity index (χ1) is 5.94. The number of anilines is 1. The van der Waals surface area contributed by atoms with Gasteiger partial charge in [0.1, 0.15) is 11.6 Å². The standard InChI is InChI=1S/C8H13N5/c1-8(2,11)3-6-5(4-9)7(10)13-12-6/h3,11H2,1-2H3,(H3,10,12,13). The van der Waals surface area contributed by atoms with Crippen LogP contribution in [0.3, 0.4) is 0 Å². The van der Waals surface area contributed by atoms with Crippen LogP contribution in [0.15, 0.2) is 0 Å². The first kappa shape index (κ1) is 9.55. The second-order valence-corrected chi connectivity index (χ2v) is 3.74. The van der Waals surface area contributed by atoms with E-state index in [2.05, 4.69) is 10.2 Å². The van der Waals surface area contributed by atoms with Crippen LogP contribution in [0.4, 0.5) is 5.82 Å². The maximum absolute atomic E-state index is 8.75. The molecule has 0 saturated carbocycles. The van der Waals surface area contributed by atoms with Crippen LogP contribution >= 0.6 is 0 Å². The van der Waals surface area contributed by atoms with Crippen molar-refractivity contribution in [3.8, 4) is 6.07 Å². The number of aromatic amines is 1. The number of hydrogen-bond acceptors (Lipinski definition) is 4. The molecular formula is C8H13N5. The minimum absolute atomic E-state index is 0.238. The molecule has 0 radical (unpaired) electrons. The number of hydrogen-bond donors (Lipinski definition) is 3. The Hall–Kier alpha value is -1.54. The highest BCUT2D eigenvalue weighted by molar-refractivity contribution is 5.51. The number of nitrogen functional groups attached to an aromatic ring is 1. The van der Waals surface area contributed by atoms with E-state index in [4.69, 9.17) is 16.7 Å². The van der Waals surface area contributed by atoms with Crippen molar-refractivity contribution in [2.24, 2.45) is 5.73 Å². The Kier molecular flexibility index (Phi) is 2.26. The number of aromatic nitrogens is 2. The van der Waals surface area contributed by atoms with Gasteiger partial charge in [0, 0.05) is 12.0 Å². The molecule has 5 heteroatoms. The fourth-order valence-corrected chi connectivity index (χ4v) is 1.10. The smallest absolute Gasteiger partial charge is 0.163 e. The molecular weight excluding hydrogens is 166 g/mol. The molecule has 0 amide bonds. The molecule has 1 aromatic rings. The van der Waals surface area contributed by atoms with Crippen molar-refractivity contribution >= 4 is 5.82 Å². The summed E-state index contributed by atoms with van der Waals surface area (Å²) in [5, 5.41) is 15.2. The number of nitrogens with one attached hydrogen (secondary N) is 1. The summed E-state index contributed by atoms with van der Waals surface area (Å²) in [6, 6.07) is 1.99. The lowest BCUT2D eigenvalue weighted by molar-refractivity contribution is 0.509. The first-order valence-corrected chi connectivity index (χ1v) is 3.96. The topological polar surface area (TPSA) is 105 Å². The SMILES string of the molecule is CC(C)(N)Cc1[nH]nc(N)c1C#N. The zero-order valence-corrected chi connectivity index (χ0v) is 7.76. The van der Waals surface area contributed by atoms with E-state index in [0.717, 1.165) is 0 Å². The summed E-state index contributed by atoms with van der Waals surface area (Å²) in [6.45, 7) is 3.76. The maximum atomic E-state index is 8.75. The van der Waals surface area contributed by atoms with E-state index in [9.17, 15) is 0 Å². The third-order valence-corrected chi connectivity index (χ3v) is 1.61. The predicted molar refractivity (Wildman–Crippen MR) is 49.7 cm³/mol. The lowest BCUT2D eigenvalue weighted by Gasteiger charge is -2.16. The average molecular weight is 179 g/mol. The van der Waals surface area contributed by atoms with Gasteiger partial charge in [0.15, 0.2) is 5.82 Å². The third kappa shape index (κ3) is 2.20. The molecule has 1 aromatic heterocycles. The van der Waals surface area contributed by atoms with Crippen LogP contribution in [0.5, 0.6) is 0 Å². The zero-order valence-electron chi connectivity index (χ0n) is 7.76. The van der Waals surface area contributed by atoms with Gasteiger partial charge in [-0.05, 0) is 13.8 Å². The van der Waals surface area contributed by atoms with Gasteiger partial charge in [-0.2, -0.15) is 10.4 Å². The number of rotatable bonds is 2. The molecule has 0 aliphatic rings. The summed E-state index contributed by atoms with van der Waals surface area (Å²) in [5.41, 5.74) is 12.0. The average Bonchev–Trinajstić information content (AvgIpc) is 2.28. The van der Waals surface area contributed by atoms with Gasteiger partial charge in [-0.15, -0.1) is 0 Å². The summed E-state index contributed by atoms with van der Waals surface area (Å²) < 4.78 is 0. The molecule has 0 unspecified atom stereocenters. The van der Waals surface area contributed by atoms with Crippen LogP contribution in [0, 0.1) is 11.3 Å². The van der Waals surface area contributed by atoms with Crippen LogP contribution in [0.1, 0.15) is 25.1 Å². The fraction of sp³-hybridized carbons (Fsp3) is 0.500. The van der Waals surface area contributed by atoms with Gasteiger partial charge in [-0.25, -0.2) is 0 Å². The highest BCUT2D eigenvalue weighted by atomic mass is 15.2. The molecule has 0 atom stereocenters. The Balaban J connectivity index is 2.97. The van der Waals surface area contributed by atoms with Crippen molar-refractivity contribution in [3.63, 3.8) is 0 Å². The van der Waals surface area contributed by atoms with Crippen molar-refractivity contribution in [2.75, 3.05) is 5.73 Å². The van der Waals surface area contributed by atoms with E-state index in [0.29, 0.717) is 17.7 Å². The number of nitrogens with zero attached hydrogens (tertiary/aromatic N) is 2. The molecule has 0 aromatic carbocycles. The normalized spacial score (nSPS) is 11.2. The van der Waals surface area contributed by atoms with E-state index in [1.807, 2.05) is 19.9 Å². The van der Waals surface area contributed by atoms with E-state index < -0.39 is 0 Å². The Morgan fingerprint density at radius 1 is 1.62 bits per heavy atom. The summed E-state index contributed by atoms with van der Waals surface area (Å²) in [4.78, 5) is 0. The first-order valence-electron chi connectivity index (χ1n) is 3.96. The Labute approximate surface area is 76.7 Å². The minimum atomic E-state index is -0.370. The van der Waals surface area contributed by atoms with Crippen LogP contribution in [0.25, 0.3) is 0 Å². The van der Waals surface area contributed by atoms with E-state index >= 15 is 0 Å². The predicted octanol–water partition coefficient (Wildman–Crippen LogP) is 0.143. The zero-order chi connectivity index (χ0) is 10.1. The summed E-state index contributed by atoms with van der Waals surface area (Å²) >= 11 is 0. The Bertz CT molecular complexity index is 338. The maximum Gasteiger partial charge on any atom is 0.163 e. The van der Waals surface area contributed by atoms with Crippen LogP contribution < -0.4 is 11.5 Å². The second-order valence-electron chi connectivity index (χ2n) is 3.74. The molecule has 70 valence electrons. The van der Waals surface area contributed by atoms with Crippen molar-refractivity contribution in [1.29, 1.82) is 5.26 Å². The number of nitriles is 1. The highest BCUT2D eigenvalue weighted by Crippen LogP contribution is 2.16. The fourth-order valence-electron chi connectivity index (χ4n) is 1.10. The van der Waals surface area contributed by atoms with Crippen molar-refractivity contribution in [3.05, 3.63) is 11.3 Å². The van der Waals surface area contributed by atoms with Gasteiger partial charge in [-0.1, -0.05) is 0 Å². The molecule has 5 nitrogen and oxygen atoms in total. The van der Waals surface area contributed by atoms with E-state index in [1.165, 1.54) is 0 Å². The van der Waals surface area contributed by atoms with Gasteiger partial charge in [0.05, 0.1) is 5.69 Å². The molecule has 5 N–H and O–H groups in total. The molecule has 1 heterocycles. The highest BCUT2D eigenvalue weighted by Gasteiger charge is 2.17. The molecule has 0 aliphatic carbocycles.